The van der Waals surface area contributed by atoms with Gasteiger partial charge in [0, 0.05) is 17.7 Å². The third-order valence-corrected chi connectivity index (χ3v) is 6.10. The van der Waals surface area contributed by atoms with Crippen LogP contribution in [-0.4, -0.2) is 28.2 Å². The van der Waals surface area contributed by atoms with Crippen LogP contribution in [0, 0.1) is 11.3 Å². The van der Waals surface area contributed by atoms with Crippen molar-refractivity contribution in [2.75, 3.05) is 4.90 Å². The van der Waals surface area contributed by atoms with Crippen LogP contribution in [0.1, 0.15) is 46.5 Å². The van der Waals surface area contributed by atoms with Crippen molar-refractivity contribution < 1.29 is 27.6 Å². The molecule has 0 spiro atoms. The van der Waals surface area contributed by atoms with Crippen LogP contribution in [0.2, 0.25) is 0 Å². The van der Waals surface area contributed by atoms with Gasteiger partial charge in [0.2, 0.25) is 0 Å². The lowest BCUT2D eigenvalue weighted by Gasteiger charge is -2.27. The van der Waals surface area contributed by atoms with Gasteiger partial charge in [-0.15, -0.1) is 0 Å². The molecule has 1 aliphatic heterocycles. The summed E-state index contributed by atoms with van der Waals surface area (Å²) < 4.78 is 40.3. The topological polar surface area (TPSA) is 81.5 Å². The highest BCUT2D eigenvalue weighted by atomic mass is 19.4. The van der Waals surface area contributed by atoms with Gasteiger partial charge in [0.25, 0.3) is 5.91 Å². The number of hydrogen-bond donors (Lipinski definition) is 0. The average molecular weight is 491 g/mol. The van der Waals surface area contributed by atoms with Crippen molar-refractivity contribution in [3.05, 3.63) is 101 Å². The number of urea groups is 1. The molecule has 36 heavy (non-hydrogen) atoms. The van der Waals surface area contributed by atoms with Gasteiger partial charge in [-0.2, -0.15) is 18.4 Å². The molecule has 0 bridgehead atoms. The van der Waals surface area contributed by atoms with Crippen LogP contribution in [0.15, 0.2) is 72.8 Å². The molecule has 3 amide bonds. The number of anilines is 1. The highest BCUT2D eigenvalue weighted by molar-refractivity contribution is 6.23. The predicted octanol–water partition coefficient (Wildman–Crippen LogP) is 5.56. The minimum absolute atomic E-state index is 0.00368. The Labute approximate surface area is 205 Å². The van der Waals surface area contributed by atoms with E-state index in [0.29, 0.717) is 27.7 Å². The van der Waals surface area contributed by atoms with Crippen LogP contribution in [0.4, 0.5) is 23.7 Å². The summed E-state index contributed by atoms with van der Waals surface area (Å²) in [6.07, 6.45) is -4.83. The van der Waals surface area contributed by atoms with Crippen molar-refractivity contribution in [3.8, 4) is 6.07 Å². The Morgan fingerprint density at radius 3 is 2.14 bits per heavy atom. The fourth-order valence-electron chi connectivity index (χ4n) is 4.03. The van der Waals surface area contributed by atoms with Gasteiger partial charge in [0.1, 0.15) is 5.54 Å². The first-order valence-corrected chi connectivity index (χ1v) is 10.9. The van der Waals surface area contributed by atoms with Crippen LogP contribution in [0.25, 0.3) is 0 Å². The Morgan fingerprint density at radius 2 is 1.56 bits per heavy atom. The lowest BCUT2D eigenvalue weighted by Crippen LogP contribution is -2.43. The molecule has 0 N–H and O–H groups in total. The first kappa shape index (κ1) is 24.7. The number of nitrogens with zero attached hydrogens (tertiary/aromatic N) is 3. The van der Waals surface area contributed by atoms with Gasteiger partial charge < -0.3 is 4.90 Å². The van der Waals surface area contributed by atoms with Gasteiger partial charge in [0.05, 0.1) is 22.9 Å². The van der Waals surface area contributed by atoms with Gasteiger partial charge in [-0.1, -0.05) is 54.6 Å². The summed E-state index contributed by atoms with van der Waals surface area (Å²) in [5, 5.41) is 9.02. The maximum absolute atomic E-state index is 13.4. The fraction of sp³-hybridized carbons (Fsp3) is 0.185. The highest BCUT2D eigenvalue weighted by Gasteiger charge is 2.52. The zero-order valence-corrected chi connectivity index (χ0v) is 19.3. The molecule has 1 aliphatic rings. The van der Waals surface area contributed by atoms with Gasteiger partial charge in [-0.3, -0.25) is 9.59 Å². The number of benzene rings is 3. The number of alkyl halides is 3. The van der Waals surface area contributed by atoms with Gasteiger partial charge in [-0.25, -0.2) is 9.69 Å². The Balaban J connectivity index is 1.61. The molecule has 0 radical (unpaired) electrons. The van der Waals surface area contributed by atoms with Crippen molar-refractivity contribution in [3.63, 3.8) is 0 Å². The van der Waals surface area contributed by atoms with Gasteiger partial charge in [-0.05, 0) is 37.6 Å². The number of nitriles is 1. The number of ketones is 1. The van der Waals surface area contributed by atoms with E-state index in [-0.39, 0.29) is 18.0 Å². The van der Waals surface area contributed by atoms with Crippen LogP contribution in [0.3, 0.4) is 0 Å². The monoisotopic (exact) mass is 491 g/mol. The zero-order chi connectivity index (χ0) is 26.3. The molecule has 0 atom stereocenters. The normalized spacial score (nSPS) is 15.2. The molecule has 1 saturated heterocycles. The van der Waals surface area contributed by atoms with Crippen LogP contribution >= 0.6 is 0 Å². The SMILES string of the molecule is CC1(C)C(=O)N(c2ccc(C#N)c(C(F)(F)F)c2)C(=O)N1Cc1ccc(C(=O)c2ccccc2)cc1. The standard InChI is InChI=1S/C27H20F3N3O3/c1-26(2)24(35)33(21-13-12-20(15-31)22(14-21)27(28,29)30)25(36)32(26)16-17-8-10-19(11-9-17)23(34)18-6-4-3-5-7-18/h3-14H,16H2,1-2H3. The summed E-state index contributed by atoms with van der Waals surface area (Å²) in [7, 11) is 0. The van der Waals surface area contributed by atoms with Crippen molar-refractivity contribution in [1.82, 2.24) is 4.90 Å². The quantitative estimate of drug-likeness (QED) is 0.346. The summed E-state index contributed by atoms with van der Waals surface area (Å²) in [6.45, 7) is 3.01. The summed E-state index contributed by atoms with van der Waals surface area (Å²) in [5.41, 5.74) is -1.83. The van der Waals surface area contributed by atoms with E-state index >= 15 is 0 Å². The van der Waals surface area contributed by atoms with Crippen LogP contribution < -0.4 is 4.90 Å². The second-order valence-corrected chi connectivity index (χ2v) is 8.80. The number of rotatable bonds is 5. The van der Waals surface area contributed by atoms with Crippen molar-refractivity contribution in [2.24, 2.45) is 0 Å². The third kappa shape index (κ3) is 4.33. The van der Waals surface area contributed by atoms with Gasteiger partial charge >= 0.3 is 12.2 Å². The lowest BCUT2D eigenvalue weighted by atomic mass is 10.0. The largest absolute Gasteiger partial charge is 0.417 e. The maximum atomic E-state index is 13.4. The van der Waals surface area contributed by atoms with E-state index < -0.39 is 34.8 Å². The molecule has 0 unspecified atom stereocenters. The van der Waals surface area contributed by atoms with E-state index in [4.69, 9.17) is 5.26 Å². The predicted molar refractivity (Wildman–Crippen MR) is 125 cm³/mol. The smallest absolute Gasteiger partial charge is 0.305 e. The third-order valence-electron chi connectivity index (χ3n) is 6.10. The van der Waals surface area contributed by atoms with Crippen molar-refractivity contribution in [2.45, 2.75) is 32.1 Å². The van der Waals surface area contributed by atoms with E-state index in [2.05, 4.69) is 0 Å². The second-order valence-electron chi connectivity index (χ2n) is 8.80. The highest BCUT2D eigenvalue weighted by Crippen LogP contribution is 2.38. The molecule has 3 aromatic rings. The van der Waals surface area contributed by atoms with Crippen LogP contribution in [0.5, 0.6) is 0 Å². The lowest BCUT2D eigenvalue weighted by molar-refractivity contribution is -0.137. The summed E-state index contributed by atoms with van der Waals surface area (Å²) >= 11 is 0. The Hall–Kier alpha value is -4.45. The molecule has 0 saturated carbocycles. The first-order valence-electron chi connectivity index (χ1n) is 10.9. The summed E-state index contributed by atoms with van der Waals surface area (Å²) in [5.74, 6) is -0.858. The number of halogens is 3. The number of hydrogen-bond acceptors (Lipinski definition) is 4. The second kappa shape index (κ2) is 8.96. The molecule has 6 nitrogen and oxygen atoms in total. The number of amides is 3. The van der Waals surface area contributed by atoms with E-state index in [1.807, 2.05) is 0 Å². The summed E-state index contributed by atoms with van der Waals surface area (Å²) in [6, 6.07) is 18.7. The molecule has 3 aromatic carbocycles. The molecule has 9 heteroatoms. The molecule has 0 aromatic heterocycles. The number of carbonyl (C=O) groups is 3. The number of carbonyl (C=O) groups excluding carboxylic acids is 3. The summed E-state index contributed by atoms with van der Waals surface area (Å²) in [4.78, 5) is 41.0. The fourth-order valence-corrected chi connectivity index (χ4v) is 4.03. The molecule has 1 fully saturated rings. The average Bonchev–Trinajstić information content (AvgIpc) is 3.02. The molecule has 0 aliphatic carbocycles. The molecular formula is C27H20F3N3O3. The Bertz CT molecular complexity index is 1390. The minimum Gasteiger partial charge on any atom is -0.305 e. The Kier molecular flexibility index (Phi) is 6.14. The molecule has 182 valence electrons. The minimum atomic E-state index is -4.83. The first-order chi connectivity index (χ1) is 16.9. The van der Waals surface area contributed by atoms with E-state index in [0.717, 1.165) is 12.1 Å². The van der Waals surface area contributed by atoms with Crippen molar-refractivity contribution >= 4 is 23.4 Å². The molecular weight excluding hydrogens is 471 g/mol. The molecule has 4 rings (SSSR count). The maximum Gasteiger partial charge on any atom is 0.417 e. The Morgan fingerprint density at radius 1 is 0.944 bits per heavy atom. The van der Waals surface area contributed by atoms with Gasteiger partial charge in [0.15, 0.2) is 5.78 Å². The van der Waals surface area contributed by atoms with E-state index in [9.17, 15) is 27.6 Å². The van der Waals surface area contributed by atoms with E-state index in [1.165, 1.54) is 24.8 Å². The number of imide groups is 1. The van der Waals surface area contributed by atoms with Crippen LogP contribution in [-0.2, 0) is 17.5 Å². The van der Waals surface area contributed by atoms with E-state index in [1.54, 1.807) is 54.6 Å². The molecule has 1 heterocycles. The van der Waals surface area contributed by atoms with Crippen molar-refractivity contribution in [1.29, 1.82) is 5.26 Å². The zero-order valence-electron chi connectivity index (χ0n) is 19.3.